The van der Waals surface area contributed by atoms with Crippen LogP contribution in [0.1, 0.15) is 24.0 Å². The third kappa shape index (κ3) is 5.04. The molecule has 2 rings (SSSR count). The highest BCUT2D eigenvalue weighted by molar-refractivity contribution is 5.85. The molecular formula is C16H19NO4. The van der Waals surface area contributed by atoms with Gasteiger partial charge in [0.2, 0.25) is 5.91 Å². The van der Waals surface area contributed by atoms with Crippen molar-refractivity contribution in [2.45, 2.75) is 19.4 Å². The second-order valence-corrected chi connectivity index (χ2v) is 5.02. The molecule has 5 heteroatoms. The Labute approximate surface area is 123 Å². The number of carboxylic acids is 1. The van der Waals surface area contributed by atoms with Gasteiger partial charge in [-0.3, -0.25) is 4.79 Å². The smallest absolute Gasteiger partial charge is 0.328 e. The van der Waals surface area contributed by atoms with Crippen LogP contribution in [0.4, 0.5) is 0 Å². The summed E-state index contributed by atoms with van der Waals surface area (Å²) in [6.07, 6.45) is 4.20. The van der Waals surface area contributed by atoms with Crippen LogP contribution in [0.5, 0.6) is 0 Å². The molecule has 1 aliphatic heterocycles. The van der Waals surface area contributed by atoms with Crippen LogP contribution in [0.25, 0.3) is 6.08 Å². The largest absolute Gasteiger partial charge is 0.478 e. The van der Waals surface area contributed by atoms with Crippen molar-refractivity contribution in [3.63, 3.8) is 0 Å². The van der Waals surface area contributed by atoms with Gasteiger partial charge in [0.05, 0.1) is 0 Å². The molecule has 1 aliphatic rings. The number of aliphatic carboxylic acids is 1. The number of carboxylic acid groups (broad SMARTS) is 1. The van der Waals surface area contributed by atoms with Crippen LogP contribution in [0.2, 0.25) is 0 Å². The molecule has 1 aromatic rings. The Kier molecular flexibility index (Phi) is 5.51. The summed E-state index contributed by atoms with van der Waals surface area (Å²) < 4.78 is 5.24. The second-order valence-electron chi connectivity index (χ2n) is 5.02. The number of benzene rings is 1. The highest BCUT2D eigenvalue weighted by Crippen LogP contribution is 2.15. The van der Waals surface area contributed by atoms with E-state index in [1.54, 1.807) is 0 Å². The van der Waals surface area contributed by atoms with Crippen molar-refractivity contribution < 1.29 is 19.4 Å². The van der Waals surface area contributed by atoms with Crippen LogP contribution >= 0.6 is 0 Å². The summed E-state index contributed by atoms with van der Waals surface area (Å²) in [6.45, 7) is 1.80. The molecule has 5 nitrogen and oxygen atoms in total. The van der Waals surface area contributed by atoms with Crippen molar-refractivity contribution in [2.24, 2.45) is 5.92 Å². The fourth-order valence-electron chi connectivity index (χ4n) is 2.21. The average Bonchev–Trinajstić information content (AvgIpc) is 2.52. The van der Waals surface area contributed by atoms with Crippen LogP contribution < -0.4 is 5.32 Å². The molecule has 0 aromatic heterocycles. The highest BCUT2D eigenvalue weighted by Gasteiger charge is 2.20. The maximum atomic E-state index is 12.0. The third-order valence-corrected chi connectivity index (χ3v) is 3.46. The van der Waals surface area contributed by atoms with Gasteiger partial charge in [-0.2, -0.15) is 0 Å². The molecule has 0 bridgehead atoms. The van der Waals surface area contributed by atoms with Crippen molar-refractivity contribution in [1.82, 2.24) is 5.32 Å². The first-order valence-electron chi connectivity index (χ1n) is 7.00. The van der Waals surface area contributed by atoms with Crippen molar-refractivity contribution in [1.29, 1.82) is 0 Å². The van der Waals surface area contributed by atoms with Crippen LogP contribution in [0.3, 0.4) is 0 Å². The van der Waals surface area contributed by atoms with Crippen molar-refractivity contribution in [2.75, 3.05) is 13.2 Å². The Morgan fingerprint density at radius 2 is 1.90 bits per heavy atom. The SMILES string of the molecule is O=C(O)C=Cc1ccc(CNC(=O)C2CCOCC2)cc1. The lowest BCUT2D eigenvalue weighted by atomic mass is 9.99. The van der Waals surface area contributed by atoms with Crippen LogP contribution in [-0.4, -0.2) is 30.2 Å². The summed E-state index contributed by atoms with van der Waals surface area (Å²) in [5.74, 6) is -0.840. The summed E-state index contributed by atoms with van der Waals surface area (Å²) in [5, 5.41) is 11.5. The summed E-state index contributed by atoms with van der Waals surface area (Å²) >= 11 is 0. The third-order valence-electron chi connectivity index (χ3n) is 3.46. The minimum Gasteiger partial charge on any atom is -0.478 e. The molecule has 1 saturated heterocycles. The molecule has 1 aromatic carbocycles. The zero-order chi connectivity index (χ0) is 15.1. The topological polar surface area (TPSA) is 75.6 Å². The van der Waals surface area contributed by atoms with Crippen LogP contribution in [0.15, 0.2) is 30.3 Å². The van der Waals surface area contributed by atoms with Crippen molar-refractivity contribution >= 4 is 18.0 Å². The summed E-state index contributed by atoms with van der Waals surface area (Å²) in [4.78, 5) is 22.4. The molecule has 112 valence electrons. The Morgan fingerprint density at radius 3 is 2.52 bits per heavy atom. The zero-order valence-corrected chi connectivity index (χ0v) is 11.7. The number of rotatable bonds is 5. The lowest BCUT2D eigenvalue weighted by Gasteiger charge is -2.21. The molecule has 0 radical (unpaired) electrons. The minimum atomic E-state index is -0.970. The summed E-state index contributed by atoms with van der Waals surface area (Å²) in [6, 6.07) is 7.42. The quantitative estimate of drug-likeness (QED) is 0.811. The molecule has 0 unspecified atom stereocenters. The molecule has 1 fully saturated rings. The standard InChI is InChI=1S/C16H19NO4/c18-15(19)6-5-12-1-3-13(4-2-12)11-17-16(20)14-7-9-21-10-8-14/h1-6,14H,7-11H2,(H,17,20)(H,18,19). The van der Waals surface area contributed by atoms with E-state index in [2.05, 4.69) is 5.32 Å². The van der Waals surface area contributed by atoms with Gasteiger partial charge in [-0.15, -0.1) is 0 Å². The predicted octanol–water partition coefficient (Wildman–Crippen LogP) is 1.83. The zero-order valence-electron chi connectivity index (χ0n) is 11.7. The monoisotopic (exact) mass is 289 g/mol. The van der Waals surface area contributed by atoms with E-state index in [9.17, 15) is 9.59 Å². The number of amides is 1. The van der Waals surface area contributed by atoms with Gasteiger partial charge < -0.3 is 15.2 Å². The lowest BCUT2D eigenvalue weighted by Crippen LogP contribution is -2.33. The second kappa shape index (κ2) is 7.59. The van der Waals surface area contributed by atoms with E-state index in [0.29, 0.717) is 19.8 Å². The lowest BCUT2D eigenvalue weighted by molar-refractivity contribution is -0.131. The van der Waals surface area contributed by atoms with Gasteiger partial charge in [-0.25, -0.2) is 4.79 Å². The van der Waals surface area contributed by atoms with E-state index in [1.807, 2.05) is 24.3 Å². The van der Waals surface area contributed by atoms with E-state index in [4.69, 9.17) is 9.84 Å². The summed E-state index contributed by atoms with van der Waals surface area (Å²) in [5.41, 5.74) is 1.81. The first kappa shape index (κ1) is 15.3. The molecule has 0 saturated carbocycles. The van der Waals surface area contributed by atoms with E-state index in [-0.39, 0.29) is 11.8 Å². The minimum absolute atomic E-state index is 0.0523. The van der Waals surface area contributed by atoms with Gasteiger partial charge in [0.15, 0.2) is 0 Å². The Hall–Kier alpha value is -2.14. The molecule has 0 aliphatic carbocycles. The van der Waals surface area contributed by atoms with Crippen LogP contribution in [-0.2, 0) is 20.9 Å². The van der Waals surface area contributed by atoms with E-state index >= 15 is 0 Å². The van der Waals surface area contributed by atoms with Crippen molar-refractivity contribution in [3.8, 4) is 0 Å². The number of carbonyl (C=O) groups is 2. The summed E-state index contributed by atoms with van der Waals surface area (Å²) in [7, 11) is 0. The molecule has 21 heavy (non-hydrogen) atoms. The van der Waals surface area contributed by atoms with Gasteiger partial charge >= 0.3 is 5.97 Å². The Balaban J connectivity index is 1.83. The highest BCUT2D eigenvalue weighted by atomic mass is 16.5. The number of hydrogen-bond donors (Lipinski definition) is 2. The van der Waals surface area contributed by atoms with Gasteiger partial charge in [-0.05, 0) is 30.0 Å². The van der Waals surface area contributed by atoms with E-state index in [1.165, 1.54) is 6.08 Å². The molecule has 1 amide bonds. The van der Waals surface area contributed by atoms with Gasteiger partial charge in [-0.1, -0.05) is 24.3 Å². The van der Waals surface area contributed by atoms with E-state index < -0.39 is 5.97 Å². The normalized spacial score (nSPS) is 16.0. The predicted molar refractivity (Wildman–Crippen MR) is 78.5 cm³/mol. The fraction of sp³-hybridized carbons (Fsp3) is 0.375. The molecule has 0 spiro atoms. The first-order valence-corrected chi connectivity index (χ1v) is 7.00. The molecule has 0 atom stereocenters. The van der Waals surface area contributed by atoms with Gasteiger partial charge in [0, 0.05) is 31.8 Å². The average molecular weight is 289 g/mol. The van der Waals surface area contributed by atoms with E-state index in [0.717, 1.165) is 30.0 Å². The van der Waals surface area contributed by atoms with Gasteiger partial charge in [0.25, 0.3) is 0 Å². The number of carbonyl (C=O) groups excluding carboxylic acids is 1. The Bertz CT molecular complexity index is 516. The molecule has 2 N–H and O–H groups in total. The Morgan fingerprint density at radius 1 is 1.24 bits per heavy atom. The van der Waals surface area contributed by atoms with Gasteiger partial charge in [0.1, 0.15) is 0 Å². The fourth-order valence-corrected chi connectivity index (χ4v) is 2.21. The number of nitrogens with one attached hydrogen (secondary N) is 1. The molecule has 1 heterocycles. The molecular weight excluding hydrogens is 270 g/mol. The maximum absolute atomic E-state index is 12.0. The maximum Gasteiger partial charge on any atom is 0.328 e. The number of ether oxygens (including phenoxy) is 1. The number of hydrogen-bond acceptors (Lipinski definition) is 3. The van der Waals surface area contributed by atoms with Crippen LogP contribution in [0, 0.1) is 5.92 Å². The first-order chi connectivity index (χ1) is 10.1. The van der Waals surface area contributed by atoms with Crippen molar-refractivity contribution in [3.05, 3.63) is 41.5 Å².